The molecular weight excluding hydrogens is 157 g/mol. The Balaban J connectivity index is 2.08. The SMILES string of the molecule is CCC[C@H]1C[C@@H](OCCF)CN1. The molecule has 0 spiro atoms. The Bertz CT molecular complexity index is 121. The van der Waals surface area contributed by atoms with Gasteiger partial charge in [-0.3, -0.25) is 0 Å². The predicted octanol–water partition coefficient (Wildman–Crippen LogP) is 1.50. The van der Waals surface area contributed by atoms with Crippen molar-refractivity contribution in [3.8, 4) is 0 Å². The fourth-order valence-electron chi connectivity index (χ4n) is 1.69. The molecule has 1 N–H and O–H groups in total. The number of halogens is 1. The number of alkyl halides is 1. The van der Waals surface area contributed by atoms with Crippen molar-refractivity contribution in [3.63, 3.8) is 0 Å². The van der Waals surface area contributed by atoms with E-state index in [1.54, 1.807) is 0 Å². The second kappa shape index (κ2) is 5.49. The lowest BCUT2D eigenvalue weighted by Gasteiger charge is -2.09. The van der Waals surface area contributed by atoms with Crippen molar-refractivity contribution in [1.82, 2.24) is 5.32 Å². The molecule has 0 saturated carbocycles. The van der Waals surface area contributed by atoms with E-state index in [1.807, 2.05) is 0 Å². The highest BCUT2D eigenvalue weighted by molar-refractivity contribution is 4.81. The lowest BCUT2D eigenvalue weighted by molar-refractivity contribution is 0.0556. The Kier molecular flexibility index (Phi) is 4.54. The zero-order chi connectivity index (χ0) is 8.81. The van der Waals surface area contributed by atoms with Gasteiger partial charge < -0.3 is 10.1 Å². The van der Waals surface area contributed by atoms with Gasteiger partial charge in [-0.05, 0) is 12.8 Å². The minimum Gasteiger partial charge on any atom is -0.374 e. The zero-order valence-corrected chi connectivity index (χ0v) is 7.68. The Labute approximate surface area is 73.5 Å². The molecule has 0 unspecified atom stereocenters. The van der Waals surface area contributed by atoms with E-state index in [9.17, 15) is 4.39 Å². The van der Waals surface area contributed by atoms with Crippen molar-refractivity contribution < 1.29 is 9.13 Å². The summed E-state index contributed by atoms with van der Waals surface area (Å²) >= 11 is 0. The van der Waals surface area contributed by atoms with Crippen molar-refractivity contribution in [2.75, 3.05) is 19.8 Å². The Morgan fingerprint density at radius 3 is 3.08 bits per heavy atom. The summed E-state index contributed by atoms with van der Waals surface area (Å²) in [6.07, 6.45) is 3.70. The molecule has 1 fully saturated rings. The molecule has 0 aromatic rings. The molecule has 0 aliphatic carbocycles. The van der Waals surface area contributed by atoms with Crippen molar-refractivity contribution >= 4 is 0 Å². The smallest absolute Gasteiger partial charge is 0.113 e. The molecule has 0 radical (unpaired) electrons. The Hall–Kier alpha value is -0.150. The van der Waals surface area contributed by atoms with Crippen LogP contribution in [0.2, 0.25) is 0 Å². The molecule has 1 aliphatic rings. The molecule has 0 aromatic heterocycles. The zero-order valence-electron chi connectivity index (χ0n) is 7.68. The molecule has 0 bridgehead atoms. The lowest BCUT2D eigenvalue weighted by Crippen LogP contribution is -2.21. The lowest BCUT2D eigenvalue weighted by atomic mass is 10.1. The highest BCUT2D eigenvalue weighted by Crippen LogP contribution is 2.14. The van der Waals surface area contributed by atoms with E-state index in [4.69, 9.17) is 4.74 Å². The summed E-state index contributed by atoms with van der Waals surface area (Å²) in [5, 5.41) is 3.37. The van der Waals surface area contributed by atoms with Gasteiger partial charge in [-0.15, -0.1) is 0 Å². The first-order chi connectivity index (χ1) is 5.86. The standard InChI is InChI=1S/C9H18FNO/c1-2-3-8-6-9(7-11-8)12-5-4-10/h8-9,11H,2-7H2,1H3/t8-,9+/m0/s1. The van der Waals surface area contributed by atoms with Crippen LogP contribution < -0.4 is 5.32 Å². The minimum absolute atomic E-state index is 0.247. The Morgan fingerprint density at radius 2 is 2.42 bits per heavy atom. The van der Waals surface area contributed by atoms with Gasteiger partial charge in [-0.25, -0.2) is 4.39 Å². The maximum atomic E-state index is 11.7. The van der Waals surface area contributed by atoms with E-state index in [2.05, 4.69) is 12.2 Å². The third kappa shape index (κ3) is 3.07. The van der Waals surface area contributed by atoms with Crippen LogP contribution in [0.1, 0.15) is 26.2 Å². The van der Waals surface area contributed by atoms with Crippen molar-refractivity contribution in [1.29, 1.82) is 0 Å². The van der Waals surface area contributed by atoms with E-state index in [0.29, 0.717) is 6.04 Å². The van der Waals surface area contributed by atoms with Gasteiger partial charge in [0.2, 0.25) is 0 Å². The first kappa shape index (κ1) is 9.93. The van der Waals surface area contributed by atoms with Crippen LogP contribution in [0.4, 0.5) is 4.39 Å². The minimum atomic E-state index is -0.366. The van der Waals surface area contributed by atoms with E-state index < -0.39 is 0 Å². The van der Waals surface area contributed by atoms with Crippen LogP contribution >= 0.6 is 0 Å². The van der Waals surface area contributed by atoms with E-state index in [1.165, 1.54) is 12.8 Å². The number of hydrogen-bond acceptors (Lipinski definition) is 2. The van der Waals surface area contributed by atoms with Gasteiger partial charge in [0, 0.05) is 12.6 Å². The number of ether oxygens (including phenoxy) is 1. The van der Waals surface area contributed by atoms with Crippen LogP contribution in [0.5, 0.6) is 0 Å². The molecule has 1 heterocycles. The predicted molar refractivity (Wildman–Crippen MR) is 47.0 cm³/mol. The number of nitrogens with one attached hydrogen (secondary N) is 1. The summed E-state index contributed by atoms with van der Waals surface area (Å²) in [6.45, 7) is 2.96. The molecule has 2 nitrogen and oxygen atoms in total. The fraction of sp³-hybridized carbons (Fsp3) is 1.00. The van der Waals surface area contributed by atoms with Crippen molar-refractivity contribution in [2.24, 2.45) is 0 Å². The second-order valence-corrected chi connectivity index (χ2v) is 3.31. The summed E-state index contributed by atoms with van der Waals surface area (Å²) in [6, 6.07) is 0.597. The monoisotopic (exact) mass is 175 g/mol. The molecule has 12 heavy (non-hydrogen) atoms. The third-order valence-corrected chi connectivity index (χ3v) is 2.25. The largest absolute Gasteiger partial charge is 0.374 e. The summed E-state index contributed by atoms with van der Waals surface area (Å²) < 4.78 is 17.0. The summed E-state index contributed by atoms with van der Waals surface area (Å²) in [7, 11) is 0. The molecule has 0 amide bonds. The number of hydrogen-bond donors (Lipinski definition) is 1. The topological polar surface area (TPSA) is 21.3 Å². The van der Waals surface area contributed by atoms with Crippen LogP contribution in [0, 0.1) is 0 Å². The normalized spacial score (nSPS) is 29.5. The first-order valence-corrected chi connectivity index (χ1v) is 4.77. The van der Waals surface area contributed by atoms with Gasteiger partial charge in [-0.2, -0.15) is 0 Å². The third-order valence-electron chi connectivity index (χ3n) is 2.25. The van der Waals surface area contributed by atoms with Gasteiger partial charge in [0.05, 0.1) is 12.7 Å². The van der Waals surface area contributed by atoms with Gasteiger partial charge in [0.15, 0.2) is 0 Å². The van der Waals surface area contributed by atoms with E-state index >= 15 is 0 Å². The van der Waals surface area contributed by atoms with Crippen LogP contribution in [-0.2, 0) is 4.74 Å². The molecule has 1 saturated heterocycles. The summed E-state index contributed by atoms with van der Waals surface area (Å²) in [4.78, 5) is 0. The molecule has 1 rings (SSSR count). The molecule has 72 valence electrons. The molecular formula is C9H18FNO. The summed E-state index contributed by atoms with van der Waals surface area (Å²) in [5.74, 6) is 0. The van der Waals surface area contributed by atoms with Gasteiger partial charge in [0.25, 0.3) is 0 Å². The van der Waals surface area contributed by atoms with Crippen LogP contribution in [0.3, 0.4) is 0 Å². The van der Waals surface area contributed by atoms with Gasteiger partial charge >= 0.3 is 0 Å². The van der Waals surface area contributed by atoms with Crippen molar-refractivity contribution in [3.05, 3.63) is 0 Å². The highest BCUT2D eigenvalue weighted by Gasteiger charge is 2.23. The quantitative estimate of drug-likeness (QED) is 0.683. The molecule has 2 atom stereocenters. The fourth-order valence-corrected chi connectivity index (χ4v) is 1.69. The van der Waals surface area contributed by atoms with Gasteiger partial charge in [0.1, 0.15) is 6.67 Å². The molecule has 1 aliphatic heterocycles. The van der Waals surface area contributed by atoms with Crippen LogP contribution in [-0.4, -0.2) is 32.0 Å². The maximum Gasteiger partial charge on any atom is 0.113 e. The first-order valence-electron chi connectivity index (χ1n) is 4.77. The number of rotatable bonds is 5. The van der Waals surface area contributed by atoms with Crippen LogP contribution in [0.25, 0.3) is 0 Å². The van der Waals surface area contributed by atoms with E-state index in [-0.39, 0.29) is 19.4 Å². The van der Waals surface area contributed by atoms with Crippen molar-refractivity contribution in [2.45, 2.75) is 38.3 Å². The average molecular weight is 175 g/mol. The van der Waals surface area contributed by atoms with Gasteiger partial charge in [-0.1, -0.05) is 13.3 Å². The second-order valence-electron chi connectivity index (χ2n) is 3.31. The van der Waals surface area contributed by atoms with E-state index in [0.717, 1.165) is 13.0 Å². The average Bonchev–Trinajstić information content (AvgIpc) is 2.50. The maximum absolute atomic E-state index is 11.7. The molecule has 3 heteroatoms. The van der Waals surface area contributed by atoms with Crippen LogP contribution in [0.15, 0.2) is 0 Å². The Morgan fingerprint density at radius 1 is 1.58 bits per heavy atom. The highest BCUT2D eigenvalue weighted by atomic mass is 19.1. The summed E-state index contributed by atoms with van der Waals surface area (Å²) in [5.41, 5.74) is 0. The molecule has 0 aromatic carbocycles.